The number of aromatic nitrogens is 2. The standard InChI is InChI=1S/C21H31N7O2/c1-4-23-21(24-10-5-11-28-16(3)12-15(2)27-28)26-13-17-6-8-18(9-7-17)20(30)25-14-19(22)29/h6-9,12H,4-5,10-11,13-14H2,1-3H3,(H2,22,29)(H,25,30)(H2,23,24,26). The molecular formula is C21H31N7O2. The number of primary amides is 1. The number of rotatable bonds is 10. The topological polar surface area (TPSA) is 126 Å². The van der Waals surface area contributed by atoms with Crippen LogP contribution < -0.4 is 21.7 Å². The summed E-state index contributed by atoms with van der Waals surface area (Å²) < 4.78 is 2.02. The predicted molar refractivity (Wildman–Crippen MR) is 117 cm³/mol. The van der Waals surface area contributed by atoms with Gasteiger partial charge in [0.25, 0.3) is 5.91 Å². The minimum atomic E-state index is -0.576. The van der Waals surface area contributed by atoms with Crippen molar-refractivity contribution in [3.8, 4) is 0 Å². The highest BCUT2D eigenvalue weighted by Gasteiger charge is 2.06. The molecule has 0 spiro atoms. The molecule has 0 aliphatic rings. The summed E-state index contributed by atoms with van der Waals surface area (Å²) in [6.45, 7) is 8.78. The number of aliphatic imine (C=N–C) groups is 1. The molecule has 1 aromatic carbocycles. The largest absolute Gasteiger partial charge is 0.368 e. The summed E-state index contributed by atoms with van der Waals surface area (Å²) in [5.74, 6) is -0.164. The summed E-state index contributed by atoms with van der Waals surface area (Å²) in [6.07, 6.45) is 0.932. The lowest BCUT2D eigenvalue weighted by molar-refractivity contribution is -0.117. The molecule has 0 unspecified atom stereocenters. The maximum atomic E-state index is 11.9. The molecule has 9 nitrogen and oxygen atoms in total. The van der Waals surface area contributed by atoms with Crippen LogP contribution in [0, 0.1) is 13.8 Å². The van der Waals surface area contributed by atoms with Crippen molar-refractivity contribution in [1.29, 1.82) is 0 Å². The van der Waals surface area contributed by atoms with Gasteiger partial charge in [-0.15, -0.1) is 0 Å². The number of nitrogens with one attached hydrogen (secondary N) is 3. The maximum Gasteiger partial charge on any atom is 0.251 e. The van der Waals surface area contributed by atoms with E-state index in [4.69, 9.17) is 5.73 Å². The Morgan fingerprint density at radius 1 is 1.13 bits per heavy atom. The number of nitrogens with two attached hydrogens (primary N) is 1. The van der Waals surface area contributed by atoms with Gasteiger partial charge in [-0.25, -0.2) is 4.99 Å². The Bertz CT molecular complexity index is 872. The summed E-state index contributed by atoms with van der Waals surface area (Å²) in [5.41, 5.74) is 8.68. The Morgan fingerprint density at radius 2 is 1.87 bits per heavy atom. The molecule has 0 fully saturated rings. The Balaban J connectivity index is 1.83. The van der Waals surface area contributed by atoms with Crippen molar-refractivity contribution in [3.05, 3.63) is 52.8 Å². The Kier molecular flexibility index (Phi) is 8.86. The van der Waals surface area contributed by atoms with Crippen LogP contribution in [0.25, 0.3) is 0 Å². The van der Waals surface area contributed by atoms with Crippen LogP contribution in [0.15, 0.2) is 35.3 Å². The van der Waals surface area contributed by atoms with Crippen LogP contribution >= 0.6 is 0 Å². The first-order chi connectivity index (χ1) is 14.4. The van der Waals surface area contributed by atoms with Crippen LogP contribution in [0.5, 0.6) is 0 Å². The molecule has 1 aromatic heterocycles. The summed E-state index contributed by atoms with van der Waals surface area (Å²) in [7, 11) is 0. The zero-order valence-electron chi connectivity index (χ0n) is 17.9. The molecule has 0 radical (unpaired) electrons. The molecule has 0 saturated heterocycles. The van der Waals surface area contributed by atoms with Gasteiger partial charge in [0.05, 0.1) is 18.8 Å². The van der Waals surface area contributed by atoms with Gasteiger partial charge in [-0.1, -0.05) is 12.1 Å². The molecule has 5 N–H and O–H groups in total. The summed E-state index contributed by atoms with van der Waals surface area (Å²) in [5, 5.41) is 13.5. The minimum absolute atomic E-state index is 0.178. The van der Waals surface area contributed by atoms with E-state index in [9.17, 15) is 9.59 Å². The van der Waals surface area contributed by atoms with Gasteiger partial charge in [-0.05, 0) is 51.0 Å². The highest BCUT2D eigenvalue weighted by molar-refractivity contribution is 5.96. The van der Waals surface area contributed by atoms with Gasteiger partial charge in [0.1, 0.15) is 0 Å². The molecule has 0 aliphatic heterocycles. The van der Waals surface area contributed by atoms with Crippen molar-refractivity contribution in [2.45, 2.75) is 40.3 Å². The second-order valence-electron chi connectivity index (χ2n) is 6.97. The first-order valence-corrected chi connectivity index (χ1v) is 10.1. The Morgan fingerprint density at radius 3 is 2.47 bits per heavy atom. The second-order valence-corrected chi connectivity index (χ2v) is 6.97. The lowest BCUT2D eigenvalue weighted by Gasteiger charge is -2.12. The van der Waals surface area contributed by atoms with Crippen molar-refractivity contribution in [3.63, 3.8) is 0 Å². The fourth-order valence-electron chi connectivity index (χ4n) is 2.88. The number of carbonyl (C=O) groups excluding carboxylic acids is 2. The monoisotopic (exact) mass is 413 g/mol. The van der Waals surface area contributed by atoms with E-state index in [1.165, 1.54) is 5.69 Å². The van der Waals surface area contributed by atoms with Gasteiger partial charge in [0, 0.05) is 30.9 Å². The third kappa shape index (κ3) is 7.57. The number of amides is 2. The van der Waals surface area contributed by atoms with Crippen molar-refractivity contribution in [2.75, 3.05) is 19.6 Å². The zero-order chi connectivity index (χ0) is 21.9. The molecule has 0 aliphatic carbocycles. The van der Waals surface area contributed by atoms with Crippen LogP contribution in [-0.4, -0.2) is 47.2 Å². The lowest BCUT2D eigenvalue weighted by Crippen LogP contribution is -2.38. The molecule has 2 amide bonds. The van der Waals surface area contributed by atoms with Crippen LogP contribution in [0.4, 0.5) is 0 Å². The molecule has 0 saturated carbocycles. The number of aryl methyl sites for hydroxylation is 3. The fraction of sp³-hybridized carbons (Fsp3) is 0.429. The number of guanidine groups is 1. The normalized spacial score (nSPS) is 11.2. The molecule has 2 rings (SSSR count). The fourth-order valence-corrected chi connectivity index (χ4v) is 2.88. The highest BCUT2D eigenvalue weighted by Crippen LogP contribution is 2.06. The number of benzene rings is 1. The molecule has 30 heavy (non-hydrogen) atoms. The summed E-state index contributed by atoms with van der Waals surface area (Å²) >= 11 is 0. The van der Waals surface area contributed by atoms with E-state index in [-0.39, 0.29) is 12.5 Å². The first-order valence-electron chi connectivity index (χ1n) is 10.1. The third-order valence-corrected chi connectivity index (χ3v) is 4.35. The van der Waals surface area contributed by atoms with E-state index in [1.807, 2.05) is 30.7 Å². The molecule has 9 heteroatoms. The van der Waals surface area contributed by atoms with E-state index in [1.54, 1.807) is 12.1 Å². The van der Waals surface area contributed by atoms with Gasteiger partial charge in [0.15, 0.2) is 5.96 Å². The average Bonchev–Trinajstić information content (AvgIpc) is 3.04. The van der Waals surface area contributed by atoms with Gasteiger partial charge in [0.2, 0.25) is 5.91 Å². The number of hydrogen-bond acceptors (Lipinski definition) is 4. The third-order valence-electron chi connectivity index (χ3n) is 4.35. The maximum absolute atomic E-state index is 11.9. The Labute approximate surface area is 177 Å². The average molecular weight is 414 g/mol. The van der Waals surface area contributed by atoms with Crippen LogP contribution in [0.3, 0.4) is 0 Å². The van der Waals surface area contributed by atoms with Gasteiger partial charge >= 0.3 is 0 Å². The van der Waals surface area contributed by atoms with Crippen molar-refractivity contribution in [1.82, 2.24) is 25.7 Å². The summed E-state index contributed by atoms with van der Waals surface area (Å²) in [6, 6.07) is 9.17. The lowest BCUT2D eigenvalue weighted by atomic mass is 10.1. The van der Waals surface area contributed by atoms with E-state index < -0.39 is 5.91 Å². The van der Waals surface area contributed by atoms with Crippen LogP contribution in [-0.2, 0) is 17.9 Å². The second kappa shape index (κ2) is 11.6. The molecule has 2 aromatic rings. The van der Waals surface area contributed by atoms with E-state index in [0.717, 1.165) is 43.3 Å². The van der Waals surface area contributed by atoms with E-state index >= 15 is 0 Å². The first kappa shape index (κ1) is 22.9. The summed E-state index contributed by atoms with van der Waals surface area (Å²) in [4.78, 5) is 27.3. The predicted octanol–water partition coefficient (Wildman–Crippen LogP) is 0.860. The van der Waals surface area contributed by atoms with Gasteiger partial charge in [-0.2, -0.15) is 5.10 Å². The highest BCUT2D eigenvalue weighted by atomic mass is 16.2. The van der Waals surface area contributed by atoms with Crippen molar-refractivity contribution >= 4 is 17.8 Å². The molecule has 0 bridgehead atoms. The molecular weight excluding hydrogens is 382 g/mol. The SMILES string of the molecule is CCNC(=NCc1ccc(C(=O)NCC(N)=O)cc1)NCCCn1nc(C)cc1C. The number of hydrogen-bond donors (Lipinski definition) is 4. The van der Waals surface area contributed by atoms with E-state index in [2.05, 4.69) is 39.0 Å². The van der Waals surface area contributed by atoms with Crippen molar-refractivity contribution < 1.29 is 9.59 Å². The zero-order valence-corrected chi connectivity index (χ0v) is 17.9. The number of nitrogens with zero attached hydrogens (tertiary/aromatic N) is 3. The molecule has 0 atom stereocenters. The quantitative estimate of drug-likeness (QED) is 0.261. The molecule has 162 valence electrons. The van der Waals surface area contributed by atoms with Crippen LogP contribution in [0.1, 0.15) is 40.7 Å². The van der Waals surface area contributed by atoms with Crippen LogP contribution in [0.2, 0.25) is 0 Å². The van der Waals surface area contributed by atoms with Gasteiger partial charge < -0.3 is 21.7 Å². The smallest absolute Gasteiger partial charge is 0.251 e. The van der Waals surface area contributed by atoms with Gasteiger partial charge in [-0.3, -0.25) is 14.3 Å². The van der Waals surface area contributed by atoms with Crippen molar-refractivity contribution in [2.24, 2.45) is 10.7 Å². The minimum Gasteiger partial charge on any atom is -0.368 e. The molecule has 1 heterocycles. The Hall–Kier alpha value is -3.36. The number of carbonyl (C=O) groups is 2. The van der Waals surface area contributed by atoms with E-state index in [0.29, 0.717) is 12.1 Å².